The molecule has 2 fully saturated rings. The molecule has 0 aromatic heterocycles. The Balaban J connectivity index is 2.34. The zero-order valence-corrected chi connectivity index (χ0v) is 9.71. The van der Waals surface area contributed by atoms with Gasteiger partial charge in [-0.2, -0.15) is 0 Å². The third kappa shape index (κ3) is 1.39. The summed E-state index contributed by atoms with van der Waals surface area (Å²) in [6, 6.07) is 0. The summed E-state index contributed by atoms with van der Waals surface area (Å²) in [5, 5.41) is -7.53. The van der Waals surface area contributed by atoms with Crippen LogP contribution in [0.3, 0.4) is 0 Å². The molecule has 0 spiro atoms. The second kappa shape index (κ2) is 3.03. The average Bonchev–Trinajstić information content (AvgIpc) is 2.56. The van der Waals surface area contributed by atoms with Crippen molar-refractivity contribution in [2.45, 2.75) is 21.4 Å². The van der Waals surface area contributed by atoms with Crippen LogP contribution in [0.5, 0.6) is 0 Å². The first-order chi connectivity index (χ1) is 7.23. The van der Waals surface area contributed by atoms with E-state index < -0.39 is 29.0 Å². The Morgan fingerprint density at radius 1 is 0.706 bits per heavy atom. The monoisotopic (exact) mass is 228 g/mol. The fraction of sp³-hybridized carbons (Fsp3) is 1.00. The fourth-order valence-electron chi connectivity index (χ4n) is 1.78. The normalized spacial score (nSPS) is 33.0. The van der Waals surface area contributed by atoms with Crippen molar-refractivity contribution in [3.63, 3.8) is 0 Å². The molecule has 2 saturated heterocycles. The van der Waals surface area contributed by atoms with Gasteiger partial charge >= 0.3 is 7.67 Å². The summed E-state index contributed by atoms with van der Waals surface area (Å²) >= 11 is 0. The molecular formula is C4HB8N2O2P. The van der Waals surface area contributed by atoms with E-state index in [-0.39, 0.29) is 0 Å². The highest BCUT2D eigenvalue weighted by Crippen LogP contribution is 2.73. The maximum atomic E-state index is 12.2. The molecule has 1 N–H and O–H groups in total. The van der Waals surface area contributed by atoms with E-state index in [4.69, 9.17) is 62.8 Å². The van der Waals surface area contributed by atoms with Crippen molar-refractivity contribution in [2.75, 3.05) is 0 Å². The van der Waals surface area contributed by atoms with E-state index in [0.717, 1.165) is 0 Å². The van der Waals surface area contributed by atoms with E-state index in [1.54, 1.807) is 0 Å². The minimum atomic E-state index is -4.43. The molecule has 0 amide bonds. The van der Waals surface area contributed by atoms with Gasteiger partial charge in [0.1, 0.15) is 0 Å². The fourth-order valence-corrected chi connectivity index (χ4v) is 4.24. The molecule has 0 aliphatic carbocycles. The predicted molar refractivity (Wildman–Crippen MR) is 70.5 cm³/mol. The topological polar surface area (TPSA) is 43.3 Å². The van der Waals surface area contributed by atoms with Crippen LogP contribution in [-0.2, 0) is 4.57 Å². The van der Waals surface area contributed by atoms with Crippen molar-refractivity contribution in [3.05, 3.63) is 0 Å². The van der Waals surface area contributed by atoms with Crippen LogP contribution in [-0.4, -0.2) is 98.4 Å². The van der Waals surface area contributed by atoms with Crippen LogP contribution < -0.4 is 0 Å². The van der Waals surface area contributed by atoms with Gasteiger partial charge in [-0.05, 0) is 21.4 Å². The van der Waals surface area contributed by atoms with E-state index in [0.29, 0.717) is 9.34 Å². The molecule has 13 heteroatoms. The molecule has 0 aromatic carbocycles. The second-order valence-electron chi connectivity index (χ2n) is 4.44. The first-order valence-electron chi connectivity index (χ1n) is 4.49. The molecule has 4 nitrogen and oxygen atoms in total. The first-order valence-corrected chi connectivity index (χ1v) is 6.05. The number of hydrogen-bond donors (Lipinski definition) is 1. The predicted octanol–water partition coefficient (Wildman–Crippen LogP) is -4.32. The molecule has 2 heterocycles. The van der Waals surface area contributed by atoms with Gasteiger partial charge in [0.05, 0.1) is 62.8 Å². The first kappa shape index (κ1) is 14.0. The Kier molecular flexibility index (Phi) is 2.50. The third-order valence-corrected chi connectivity index (χ3v) is 5.47. The number of rotatable bonds is 2. The van der Waals surface area contributed by atoms with E-state index in [1.165, 1.54) is 0 Å². The van der Waals surface area contributed by atoms with Gasteiger partial charge in [-0.25, -0.2) is 9.34 Å². The van der Waals surface area contributed by atoms with Gasteiger partial charge < -0.3 is 4.89 Å². The Morgan fingerprint density at radius 3 is 1.00 bits per heavy atom. The van der Waals surface area contributed by atoms with Gasteiger partial charge in [0, 0.05) is 0 Å². The van der Waals surface area contributed by atoms with Crippen LogP contribution in [0.4, 0.5) is 0 Å². The molecule has 2 aliphatic rings. The highest BCUT2D eigenvalue weighted by molar-refractivity contribution is 7.55. The minimum absolute atomic E-state index is 0.558. The van der Waals surface area contributed by atoms with Crippen molar-refractivity contribution in [1.82, 2.24) is 9.34 Å². The van der Waals surface area contributed by atoms with Crippen molar-refractivity contribution in [1.29, 1.82) is 0 Å². The summed E-state index contributed by atoms with van der Waals surface area (Å²) in [7, 11) is 39.1. The number of nitrogens with zero attached hydrogens (tertiary/aromatic N) is 2. The summed E-state index contributed by atoms with van der Waals surface area (Å²) in [5.74, 6) is 0. The molecule has 0 saturated carbocycles. The van der Waals surface area contributed by atoms with Gasteiger partial charge in [-0.3, -0.25) is 4.57 Å². The van der Waals surface area contributed by atoms with Crippen molar-refractivity contribution < 1.29 is 9.46 Å². The lowest BCUT2D eigenvalue weighted by Crippen LogP contribution is -2.26. The molecule has 2 aliphatic heterocycles. The van der Waals surface area contributed by atoms with Crippen LogP contribution in [0, 0.1) is 0 Å². The van der Waals surface area contributed by atoms with Crippen LogP contribution in [0.15, 0.2) is 0 Å². The molecule has 0 bridgehead atoms. The lowest BCUT2D eigenvalue weighted by atomic mass is 9.49. The summed E-state index contributed by atoms with van der Waals surface area (Å²) in [5.41, 5.74) is 0. The number of hydrogen-bond acceptors (Lipinski definition) is 1. The van der Waals surface area contributed by atoms with Crippen molar-refractivity contribution in [2.24, 2.45) is 0 Å². The van der Waals surface area contributed by atoms with Gasteiger partial charge in [-0.15, -0.1) is 0 Å². The standard InChI is InChI=1S/C4HB8N2O2P/c5-1(6)2(7,8)13(1)17(15,16)14-3(9,10)4(14,11)12/h(H,15,16). The molecule has 0 aromatic rings. The maximum Gasteiger partial charge on any atom is 0.339 e. The maximum absolute atomic E-state index is 12.2. The van der Waals surface area contributed by atoms with Gasteiger partial charge in [0.15, 0.2) is 0 Å². The zero-order valence-electron chi connectivity index (χ0n) is 8.82. The SMILES string of the molecule is [B]C1([B])N(P(=O)(O)N2C([B])([B])C2([B])[B])C1([B])[B]. The van der Waals surface area contributed by atoms with Crippen molar-refractivity contribution >= 4 is 70.4 Å². The smallest absolute Gasteiger partial charge is 0.322 e. The molecule has 0 unspecified atom stereocenters. The quantitative estimate of drug-likeness (QED) is 0.294. The summed E-state index contributed by atoms with van der Waals surface area (Å²) < 4.78 is 13.3. The Hall–Kier alpha value is 0.629. The van der Waals surface area contributed by atoms with Crippen molar-refractivity contribution in [3.8, 4) is 0 Å². The Bertz CT molecular complexity index is 373. The summed E-state index contributed by atoms with van der Waals surface area (Å²) in [6.45, 7) is 0. The van der Waals surface area contributed by atoms with Gasteiger partial charge in [0.2, 0.25) is 0 Å². The van der Waals surface area contributed by atoms with E-state index >= 15 is 0 Å². The van der Waals surface area contributed by atoms with Crippen LogP contribution in [0.25, 0.3) is 0 Å². The Labute approximate surface area is 111 Å². The van der Waals surface area contributed by atoms with Crippen LogP contribution in [0.1, 0.15) is 0 Å². The Morgan fingerprint density at radius 2 is 0.882 bits per heavy atom. The van der Waals surface area contributed by atoms with Gasteiger partial charge in [-0.1, -0.05) is 0 Å². The molecule has 0 atom stereocenters. The molecule has 2 rings (SSSR count). The average molecular weight is 227 g/mol. The summed E-state index contributed by atoms with van der Waals surface area (Å²) in [4.78, 5) is 9.90. The van der Waals surface area contributed by atoms with Crippen LogP contribution in [0.2, 0.25) is 0 Å². The lowest BCUT2D eigenvalue weighted by Gasteiger charge is -2.22. The second-order valence-corrected chi connectivity index (χ2v) is 6.26. The molecule has 68 valence electrons. The minimum Gasteiger partial charge on any atom is -0.322 e. The molecule has 16 radical (unpaired) electrons. The van der Waals surface area contributed by atoms with Gasteiger partial charge in [0.25, 0.3) is 0 Å². The summed E-state index contributed by atoms with van der Waals surface area (Å²) in [6.07, 6.45) is 0. The highest BCUT2D eigenvalue weighted by Gasteiger charge is 2.75. The molecule has 17 heavy (non-hydrogen) atoms. The third-order valence-electron chi connectivity index (χ3n) is 3.11. The largest absolute Gasteiger partial charge is 0.339 e. The zero-order chi connectivity index (χ0) is 13.7. The lowest BCUT2D eigenvalue weighted by molar-refractivity contribution is 0.389. The van der Waals surface area contributed by atoms with Crippen LogP contribution >= 0.6 is 7.67 Å². The van der Waals surface area contributed by atoms with E-state index in [2.05, 4.69) is 0 Å². The highest BCUT2D eigenvalue weighted by atomic mass is 31.2. The van der Waals surface area contributed by atoms with E-state index in [1.807, 2.05) is 0 Å². The molecular weight excluding hydrogens is 226 g/mol. The van der Waals surface area contributed by atoms with E-state index in [9.17, 15) is 9.46 Å².